The first-order chi connectivity index (χ1) is 7.92. The summed E-state index contributed by atoms with van der Waals surface area (Å²) in [6.07, 6.45) is 2.73. The molecule has 2 N–H and O–H groups in total. The lowest BCUT2D eigenvalue weighted by Crippen LogP contribution is -2.56. The van der Waals surface area contributed by atoms with Crippen LogP contribution in [-0.4, -0.2) is 54.0 Å². The Morgan fingerprint density at radius 3 is 2.59 bits per heavy atom. The Bertz CT molecular complexity index is 265. The average Bonchev–Trinajstić information content (AvgIpc) is 2.49. The molecule has 100 valence electrons. The number of carbonyl (C=O) groups excluding carboxylic acids is 1. The van der Waals surface area contributed by atoms with Gasteiger partial charge in [0.1, 0.15) is 0 Å². The first kappa shape index (κ1) is 14.5. The fraction of sp³-hybridized carbons (Fsp3) is 0.923. The molecule has 1 fully saturated rings. The average molecular weight is 241 g/mol. The molecule has 0 aromatic heterocycles. The number of hydrogen-bond acceptors (Lipinski definition) is 3. The van der Waals surface area contributed by atoms with E-state index in [-0.39, 0.29) is 5.91 Å². The molecule has 0 spiro atoms. The van der Waals surface area contributed by atoms with Crippen LogP contribution < -0.4 is 5.73 Å². The highest BCUT2D eigenvalue weighted by atomic mass is 16.2. The summed E-state index contributed by atoms with van der Waals surface area (Å²) in [6, 6.07) is 0.310. The van der Waals surface area contributed by atoms with Gasteiger partial charge in [-0.15, -0.1) is 0 Å². The summed E-state index contributed by atoms with van der Waals surface area (Å²) in [5.74, 6) is 0.113. The van der Waals surface area contributed by atoms with Crippen molar-refractivity contribution in [3.05, 3.63) is 0 Å². The van der Waals surface area contributed by atoms with Gasteiger partial charge in [-0.05, 0) is 39.8 Å². The molecule has 0 bridgehead atoms. The van der Waals surface area contributed by atoms with Gasteiger partial charge in [-0.2, -0.15) is 0 Å². The summed E-state index contributed by atoms with van der Waals surface area (Å²) in [4.78, 5) is 16.8. The van der Waals surface area contributed by atoms with Crippen LogP contribution in [0.15, 0.2) is 0 Å². The topological polar surface area (TPSA) is 49.6 Å². The van der Waals surface area contributed by atoms with E-state index in [2.05, 4.69) is 18.9 Å². The molecule has 0 saturated carbocycles. The molecule has 0 aromatic carbocycles. The highest BCUT2D eigenvalue weighted by Crippen LogP contribution is 2.18. The minimum Gasteiger partial charge on any atom is -0.337 e. The fourth-order valence-corrected chi connectivity index (χ4v) is 2.34. The molecule has 1 saturated heterocycles. The van der Waals surface area contributed by atoms with Crippen LogP contribution in [0.4, 0.5) is 0 Å². The molecule has 4 nitrogen and oxygen atoms in total. The Morgan fingerprint density at radius 1 is 1.41 bits per heavy atom. The zero-order valence-electron chi connectivity index (χ0n) is 11.7. The molecule has 4 heteroatoms. The van der Waals surface area contributed by atoms with Crippen molar-refractivity contribution in [1.82, 2.24) is 9.80 Å². The van der Waals surface area contributed by atoms with Gasteiger partial charge >= 0.3 is 0 Å². The lowest BCUT2D eigenvalue weighted by atomic mass is 9.97. The van der Waals surface area contributed by atoms with Crippen LogP contribution in [0.2, 0.25) is 0 Å². The molecule has 0 aromatic rings. The van der Waals surface area contributed by atoms with Crippen LogP contribution in [0.1, 0.15) is 40.0 Å². The molecule has 1 aliphatic rings. The third-order valence-electron chi connectivity index (χ3n) is 3.86. The standard InChI is InChI=1S/C13H27N3O/c1-5-11-10-15(4)8-7-9-16(11)12(17)13(3,14)6-2/h11H,5-10,14H2,1-4H3. The van der Waals surface area contributed by atoms with Crippen LogP contribution in [0.25, 0.3) is 0 Å². The van der Waals surface area contributed by atoms with E-state index < -0.39 is 5.54 Å². The van der Waals surface area contributed by atoms with Crippen molar-refractivity contribution >= 4 is 5.91 Å². The number of carbonyl (C=O) groups is 1. The van der Waals surface area contributed by atoms with Crippen molar-refractivity contribution in [2.24, 2.45) is 5.73 Å². The zero-order chi connectivity index (χ0) is 13.1. The van der Waals surface area contributed by atoms with E-state index in [1.165, 1.54) is 0 Å². The van der Waals surface area contributed by atoms with E-state index in [0.29, 0.717) is 12.5 Å². The monoisotopic (exact) mass is 241 g/mol. The number of hydrogen-bond donors (Lipinski definition) is 1. The molecular weight excluding hydrogens is 214 g/mol. The Labute approximate surface area is 105 Å². The summed E-state index contributed by atoms with van der Waals surface area (Å²) < 4.78 is 0. The third-order valence-corrected chi connectivity index (χ3v) is 3.86. The smallest absolute Gasteiger partial charge is 0.242 e. The molecule has 17 heavy (non-hydrogen) atoms. The normalized spacial score (nSPS) is 26.4. The van der Waals surface area contributed by atoms with E-state index in [9.17, 15) is 4.79 Å². The Kier molecular flexibility index (Phi) is 4.95. The lowest BCUT2D eigenvalue weighted by Gasteiger charge is -2.36. The summed E-state index contributed by atoms with van der Waals surface area (Å²) >= 11 is 0. The van der Waals surface area contributed by atoms with Crippen molar-refractivity contribution in [3.63, 3.8) is 0 Å². The van der Waals surface area contributed by atoms with Gasteiger partial charge in [-0.1, -0.05) is 13.8 Å². The van der Waals surface area contributed by atoms with Gasteiger partial charge in [0.15, 0.2) is 0 Å². The van der Waals surface area contributed by atoms with Gasteiger partial charge in [-0.25, -0.2) is 0 Å². The second-order valence-electron chi connectivity index (χ2n) is 5.45. The van der Waals surface area contributed by atoms with Crippen LogP contribution >= 0.6 is 0 Å². The molecular formula is C13H27N3O. The summed E-state index contributed by atoms with van der Waals surface area (Å²) in [5.41, 5.74) is 5.38. The van der Waals surface area contributed by atoms with Gasteiger partial charge in [0.2, 0.25) is 5.91 Å². The highest BCUT2D eigenvalue weighted by Gasteiger charge is 2.35. The molecule has 0 radical (unpaired) electrons. The van der Waals surface area contributed by atoms with Crippen molar-refractivity contribution < 1.29 is 4.79 Å². The molecule has 1 heterocycles. The second-order valence-corrected chi connectivity index (χ2v) is 5.45. The SMILES string of the molecule is CCC1CN(C)CCCN1C(=O)C(C)(N)CC. The van der Waals surface area contributed by atoms with Crippen LogP contribution in [0, 0.1) is 0 Å². The summed E-state index contributed by atoms with van der Waals surface area (Å²) in [6.45, 7) is 8.83. The van der Waals surface area contributed by atoms with Crippen LogP contribution in [0.3, 0.4) is 0 Å². The predicted octanol–water partition coefficient (Wildman–Crippen LogP) is 1.06. The van der Waals surface area contributed by atoms with Gasteiger partial charge in [0, 0.05) is 19.1 Å². The van der Waals surface area contributed by atoms with Gasteiger partial charge in [0.25, 0.3) is 0 Å². The molecule has 1 amide bonds. The number of nitrogens with two attached hydrogens (primary N) is 1. The minimum absolute atomic E-state index is 0.113. The van der Waals surface area contributed by atoms with E-state index in [4.69, 9.17) is 5.73 Å². The van der Waals surface area contributed by atoms with E-state index in [1.807, 2.05) is 18.7 Å². The largest absolute Gasteiger partial charge is 0.337 e. The maximum absolute atomic E-state index is 12.5. The number of nitrogens with zero attached hydrogens (tertiary/aromatic N) is 2. The number of rotatable bonds is 3. The van der Waals surface area contributed by atoms with Gasteiger partial charge < -0.3 is 15.5 Å². The molecule has 2 unspecified atom stereocenters. The quantitative estimate of drug-likeness (QED) is 0.803. The predicted molar refractivity (Wildman–Crippen MR) is 70.8 cm³/mol. The fourth-order valence-electron chi connectivity index (χ4n) is 2.34. The van der Waals surface area contributed by atoms with E-state index in [1.54, 1.807) is 0 Å². The number of amides is 1. The van der Waals surface area contributed by atoms with Crippen LogP contribution in [0.5, 0.6) is 0 Å². The maximum Gasteiger partial charge on any atom is 0.242 e. The lowest BCUT2D eigenvalue weighted by molar-refractivity contribution is -0.138. The Hall–Kier alpha value is -0.610. The van der Waals surface area contributed by atoms with E-state index in [0.717, 1.165) is 32.5 Å². The first-order valence-corrected chi connectivity index (χ1v) is 6.70. The Morgan fingerprint density at radius 2 is 2.06 bits per heavy atom. The van der Waals surface area contributed by atoms with Gasteiger partial charge in [0.05, 0.1) is 5.54 Å². The van der Waals surface area contributed by atoms with Crippen molar-refractivity contribution in [1.29, 1.82) is 0 Å². The first-order valence-electron chi connectivity index (χ1n) is 6.70. The molecule has 1 aliphatic heterocycles. The van der Waals surface area contributed by atoms with E-state index >= 15 is 0 Å². The number of likely N-dealkylation sites (N-methyl/N-ethyl adjacent to an activating group) is 1. The molecule has 0 aliphatic carbocycles. The second kappa shape index (κ2) is 5.83. The third kappa shape index (κ3) is 3.42. The summed E-state index contributed by atoms with van der Waals surface area (Å²) in [7, 11) is 2.12. The highest BCUT2D eigenvalue weighted by molar-refractivity contribution is 5.86. The molecule has 1 rings (SSSR count). The summed E-state index contributed by atoms with van der Waals surface area (Å²) in [5, 5.41) is 0. The van der Waals surface area contributed by atoms with Crippen molar-refractivity contribution in [2.75, 3.05) is 26.7 Å². The van der Waals surface area contributed by atoms with Crippen LogP contribution in [-0.2, 0) is 4.79 Å². The maximum atomic E-state index is 12.5. The zero-order valence-corrected chi connectivity index (χ0v) is 11.7. The van der Waals surface area contributed by atoms with Crippen molar-refractivity contribution in [3.8, 4) is 0 Å². The molecule has 2 atom stereocenters. The minimum atomic E-state index is -0.712. The Balaban J connectivity index is 2.82. The van der Waals surface area contributed by atoms with Crippen molar-refractivity contribution in [2.45, 2.75) is 51.6 Å². The van der Waals surface area contributed by atoms with Gasteiger partial charge in [-0.3, -0.25) is 4.79 Å².